The molecule has 2 rings (SSSR count). The molecule has 0 aromatic rings. The van der Waals surface area contributed by atoms with Crippen molar-refractivity contribution in [2.75, 3.05) is 0 Å². The molecule has 0 spiro atoms. The molecule has 34 heavy (non-hydrogen) atoms. The van der Waals surface area contributed by atoms with Crippen molar-refractivity contribution in [2.24, 2.45) is 59.2 Å². The Morgan fingerprint density at radius 3 is 2.00 bits per heavy atom. The summed E-state index contributed by atoms with van der Waals surface area (Å²) in [5.41, 5.74) is 0. The highest BCUT2D eigenvalue weighted by atomic mass is 14.5. The number of unbranched alkanes of at least 4 members (excludes halogenated alkanes) is 1. The van der Waals surface area contributed by atoms with Crippen molar-refractivity contribution in [2.45, 2.75) is 159 Å². The van der Waals surface area contributed by atoms with Crippen LogP contribution in [0.2, 0.25) is 0 Å². The van der Waals surface area contributed by atoms with Crippen molar-refractivity contribution in [3.8, 4) is 0 Å². The Morgan fingerprint density at radius 2 is 1.38 bits per heavy atom. The zero-order valence-corrected chi connectivity index (χ0v) is 24.4. The van der Waals surface area contributed by atoms with Crippen molar-refractivity contribution < 1.29 is 0 Å². The van der Waals surface area contributed by atoms with Crippen LogP contribution in [0.25, 0.3) is 0 Å². The molecule has 0 nitrogen and oxygen atoms in total. The van der Waals surface area contributed by atoms with Crippen LogP contribution in [-0.4, -0.2) is 0 Å². The molecule has 2 aliphatic rings. The highest BCUT2D eigenvalue weighted by Crippen LogP contribution is 2.52. The monoisotopic (exact) mass is 477 g/mol. The summed E-state index contributed by atoms with van der Waals surface area (Å²) in [6, 6.07) is 0. The van der Waals surface area contributed by atoms with Gasteiger partial charge in [0.1, 0.15) is 0 Å². The Hall–Kier alpha value is 0. The Kier molecular flexibility index (Phi) is 15.7. The van der Waals surface area contributed by atoms with Crippen LogP contribution < -0.4 is 0 Å². The maximum atomic E-state index is 2.72. The third-order valence-electron chi connectivity index (χ3n) is 10.9. The molecule has 2 saturated carbocycles. The SMILES string of the molecule is C.CCCCC1C(C)C(C(C)CCC)C(C)CCCC1C1CCCCC1C(CC)C(C)CCC. The Morgan fingerprint density at radius 1 is 0.735 bits per heavy atom. The van der Waals surface area contributed by atoms with E-state index in [-0.39, 0.29) is 7.43 Å². The lowest BCUT2D eigenvalue weighted by molar-refractivity contribution is -0.0102. The summed E-state index contributed by atoms with van der Waals surface area (Å²) in [4.78, 5) is 0. The van der Waals surface area contributed by atoms with Crippen LogP contribution >= 0.6 is 0 Å². The van der Waals surface area contributed by atoms with Gasteiger partial charge in [0.05, 0.1) is 0 Å². The van der Waals surface area contributed by atoms with Gasteiger partial charge in [0.15, 0.2) is 0 Å². The van der Waals surface area contributed by atoms with Crippen molar-refractivity contribution >= 4 is 0 Å². The fraction of sp³-hybridized carbons (Fsp3) is 1.00. The molecule has 0 bridgehead atoms. The average molecular weight is 477 g/mol. The molecular weight excluding hydrogens is 408 g/mol. The van der Waals surface area contributed by atoms with Crippen molar-refractivity contribution in [3.63, 3.8) is 0 Å². The topological polar surface area (TPSA) is 0 Å². The number of hydrogen-bond acceptors (Lipinski definition) is 0. The molecule has 0 aromatic carbocycles. The van der Waals surface area contributed by atoms with Crippen LogP contribution in [0.4, 0.5) is 0 Å². The summed E-state index contributed by atoms with van der Waals surface area (Å²) in [5.74, 6) is 9.56. The first-order valence-electron chi connectivity index (χ1n) is 15.9. The Labute approximate surface area is 218 Å². The van der Waals surface area contributed by atoms with E-state index in [0.717, 1.165) is 59.2 Å². The first kappa shape index (κ1) is 32.0. The molecule has 2 fully saturated rings. The van der Waals surface area contributed by atoms with Crippen LogP contribution in [0.1, 0.15) is 159 Å². The number of hydrogen-bond donors (Lipinski definition) is 0. The summed E-state index contributed by atoms with van der Waals surface area (Å²) < 4.78 is 0. The van der Waals surface area contributed by atoms with E-state index in [1.54, 1.807) is 6.42 Å². The minimum atomic E-state index is 0. The average Bonchev–Trinajstić information content (AvgIpc) is 2.78. The molecule has 10 atom stereocenters. The summed E-state index contributed by atoms with van der Waals surface area (Å²) in [6.07, 6.45) is 22.0. The van der Waals surface area contributed by atoms with Crippen LogP contribution in [0.15, 0.2) is 0 Å². The molecule has 0 radical (unpaired) electrons. The van der Waals surface area contributed by atoms with Crippen molar-refractivity contribution in [1.82, 2.24) is 0 Å². The zero-order chi connectivity index (χ0) is 24.4. The first-order valence-corrected chi connectivity index (χ1v) is 15.9. The fourth-order valence-electron chi connectivity index (χ4n) is 9.50. The molecule has 2 aliphatic carbocycles. The van der Waals surface area contributed by atoms with Crippen molar-refractivity contribution in [3.05, 3.63) is 0 Å². The summed E-state index contributed by atoms with van der Waals surface area (Å²) in [6.45, 7) is 20.3. The van der Waals surface area contributed by atoms with E-state index in [1.807, 2.05) is 0 Å². The van der Waals surface area contributed by atoms with Gasteiger partial charge >= 0.3 is 0 Å². The van der Waals surface area contributed by atoms with Gasteiger partial charge in [-0.25, -0.2) is 0 Å². The molecule has 0 aliphatic heterocycles. The van der Waals surface area contributed by atoms with E-state index in [0.29, 0.717) is 0 Å². The van der Waals surface area contributed by atoms with Gasteiger partial charge in [-0.05, 0) is 84.9 Å². The summed E-state index contributed by atoms with van der Waals surface area (Å²) >= 11 is 0. The van der Waals surface area contributed by atoms with E-state index in [4.69, 9.17) is 0 Å². The van der Waals surface area contributed by atoms with E-state index < -0.39 is 0 Å². The lowest BCUT2D eigenvalue weighted by atomic mass is 9.55. The molecule has 0 heteroatoms. The molecule has 204 valence electrons. The van der Waals surface area contributed by atoms with E-state index in [9.17, 15) is 0 Å². The van der Waals surface area contributed by atoms with Crippen LogP contribution in [0.3, 0.4) is 0 Å². The van der Waals surface area contributed by atoms with Crippen LogP contribution in [-0.2, 0) is 0 Å². The lowest BCUT2D eigenvalue weighted by Gasteiger charge is -2.50. The predicted molar refractivity (Wildman–Crippen MR) is 156 cm³/mol. The fourth-order valence-corrected chi connectivity index (χ4v) is 9.50. The highest BCUT2D eigenvalue weighted by Gasteiger charge is 2.44. The third-order valence-corrected chi connectivity index (χ3v) is 10.9. The molecule has 0 N–H and O–H groups in total. The largest absolute Gasteiger partial charge is 0.0776 e. The maximum absolute atomic E-state index is 2.72. The standard InChI is InChI=1S/C33H64.CH4/c1-9-13-20-29-27(8)33(25(6)18-11-3)26(7)19-16-23-31(29)32-22-15-14-21-30(32)28(12-4)24(5)17-10-2;/h24-33H,9-23H2,1-8H3;1H4. The minimum Gasteiger partial charge on any atom is -0.0776 e. The van der Waals surface area contributed by atoms with E-state index >= 15 is 0 Å². The molecule has 0 amide bonds. The maximum Gasteiger partial charge on any atom is -0.0334 e. The van der Waals surface area contributed by atoms with Gasteiger partial charge in [0, 0.05) is 0 Å². The Balaban J connectivity index is 0.00000578. The quantitative estimate of drug-likeness (QED) is 0.262. The molecule has 10 unspecified atom stereocenters. The second-order valence-corrected chi connectivity index (χ2v) is 13.0. The van der Waals surface area contributed by atoms with Crippen LogP contribution in [0.5, 0.6) is 0 Å². The summed E-state index contributed by atoms with van der Waals surface area (Å²) in [7, 11) is 0. The zero-order valence-electron chi connectivity index (χ0n) is 24.4. The number of rotatable bonds is 12. The molecule has 0 aromatic heterocycles. The van der Waals surface area contributed by atoms with Crippen LogP contribution in [0, 0.1) is 59.2 Å². The van der Waals surface area contributed by atoms with Gasteiger partial charge in [-0.3, -0.25) is 0 Å². The second kappa shape index (κ2) is 16.7. The van der Waals surface area contributed by atoms with Crippen molar-refractivity contribution in [1.29, 1.82) is 0 Å². The van der Waals surface area contributed by atoms with E-state index in [2.05, 4.69) is 55.4 Å². The van der Waals surface area contributed by atoms with Gasteiger partial charge < -0.3 is 0 Å². The third kappa shape index (κ3) is 8.26. The normalized spacial score (nSPS) is 35.5. The second-order valence-electron chi connectivity index (χ2n) is 13.0. The predicted octanol–water partition coefficient (Wildman–Crippen LogP) is 11.8. The van der Waals surface area contributed by atoms with E-state index in [1.165, 1.54) is 89.9 Å². The highest BCUT2D eigenvalue weighted by molar-refractivity contribution is 4.93. The smallest absolute Gasteiger partial charge is 0.0334 e. The van der Waals surface area contributed by atoms with Gasteiger partial charge in [-0.1, -0.05) is 133 Å². The minimum absolute atomic E-state index is 0. The summed E-state index contributed by atoms with van der Waals surface area (Å²) in [5, 5.41) is 0. The molecule has 0 saturated heterocycles. The Bertz CT molecular complexity index is 490. The molecular formula is C34H68. The van der Waals surface area contributed by atoms with Gasteiger partial charge in [-0.15, -0.1) is 0 Å². The van der Waals surface area contributed by atoms with Gasteiger partial charge in [-0.2, -0.15) is 0 Å². The van der Waals surface area contributed by atoms with Gasteiger partial charge in [0.2, 0.25) is 0 Å². The molecule has 0 heterocycles. The lowest BCUT2D eigenvalue weighted by Crippen LogP contribution is -2.43. The first-order chi connectivity index (χ1) is 15.9. The van der Waals surface area contributed by atoms with Gasteiger partial charge in [0.25, 0.3) is 0 Å².